The van der Waals surface area contributed by atoms with Gasteiger partial charge in [-0.3, -0.25) is 9.59 Å². The lowest BCUT2D eigenvalue weighted by atomic mass is 10.3. The van der Waals surface area contributed by atoms with Crippen LogP contribution in [-0.2, 0) is 16.1 Å². The fourth-order valence-corrected chi connectivity index (χ4v) is 2.27. The van der Waals surface area contributed by atoms with Crippen LogP contribution in [-0.4, -0.2) is 53.4 Å². The summed E-state index contributed by atoms with van der Waals surface area (Å²) in [5.41, 5.74) is 0.472. The first kappa shape index (κ1) is 14.1. The Bertz CT molecular complexity index is 562. The standard InChI is InChI=1S/C14H20N4O3/c19-13-7-12(15-8-11-1-2-11)9-16-18(13)10-14(20)17-3-5-21-6-4-17/h7,9,11,15H,1-6,8,10H2. The molecule has 0 aromatic carbocycles. The number of anilines is 1. The molecule has 7 nitrogen and oxygen atoms in total. The van der Waals surface area contributed by atoms with Gasteiger partial charge in [0.05, 0.1) is 25.1 Å². The highest BCUT2D eigenvalue weighted by molar-refractivity contribution is 5.76. The van der Waals surface area contributed by atoms with Gasteiger partial charge in [0.25, 0.3) is 5.56 Å². The van der Waals surface area contributed by atoms with Crippen molar-refractivity contribution in [3.05, 3.63) is 22.6 Å². The van der Waals surface area contributed by atoms with Gasteiger partial charge in [-0.15, -0.1) is 0 Å². The topological polar surface area (TPSA) is 76.5 Å². The molecule has 0 radical (unpaired) electrons. The first-order valence-electron chi connectivity index (χ1n) is 7.39. The average molecular weight is 292 g/mol. The number of carbonyl (C=O) groups excluding carboxylic acids is 1. The van der Waals surface area contributed by atoms with Gasteiger partial charge in [-0.25, -0.2) is 4.68 Å². The van der Waals surface area contributed by atoms with Gasteiger partial charge in [0.2, 0.25) is 5.91 Å². The number of nitrogens with one attached hydrogen (secondary N) is 1. The Kier molecular flexibility index (Phi) is 4.19. The van der Waals surface area contributed by atoms with Gasteiger partial charge in [-0.05, 0) is 18.8 Å². The minimum absolute atomic E-state index is 0.0122. The van der Waals surface area contributed by atoms with Crippen LogP contribution in [0.4, 0.5) is 5.69 Å². The van der Waals surface area contributed by atoms with Crippen molar-refractivity contribution in [2.24, 2.45) is 5.92 Å². The minimum atomic E-state index is -0.252. The van der Waals surface area contributed by atoms with Gasteiger partial charge in [0, 0.05) is 25.7 Å². The molecule has 1 saturated heterocycles. The molecule has 0 atom stereocenters. The van der Waals surface area contributed by atoms with Gasteiger partial charge in [0.15, 0.2) is 0 Å². The van der Waals surface area contributed by atoms with Crippen molar-refractivity contribution in [3.63, 3.8) is 0 Å². The van der Waals surface area contributed by atoms with E-state index in [0.717, 1.165) is 18.2 Å². The zero-order chi connectivity index (χ0) is 14.7. The maximum absolute atomic E-state index is 12.1. The highest BCUT2D eigenvalue weighted by Crippen LogP contribution is 2.28. The molecule has 1 aromatic heterocycles. The third-order valence-corrected chi connectivity index (χ3v) is 3.81. The quantitative estimate of drug-likeness (QED) is 0.822. The lowest BCUT2D eigenvalue weighted by Crippen LogP contribution is -2.43. The van der Waals surface area contributed by atoms with E-state index in [1.54, 1.807) is 11.1 Å². The normalized spacial score (nSPS) is 18.6. The second-order valence-corrected chi connectivity index (χ2v) is 5.56. The second kappa shape index (κ2) is 6.26. The van der Waals surface area contributed by atoms with Crippen LogP contribution >= 0.6 is 0 Å². The number of aromatic nitrogens is 2. The highest BCUT2D eigenvalue weighted by atomic mass is 16.5. The lowest BCUT2D eigenvalue weighted by Gasteiger charge is -2.26. The third kappa shape index (κ3) is 3.81. The van der Waals surface area contributed by atoms with Crippen LogP contribution in [0, 0.1) is 5.92 Å². The number of ether oxygens (including phenoxy) is 1. The van der Waals surface area contributed by atoms with Gasteiger partial charge in [0.1, 0.15) is 6.54 Å². The van der Waals surface area contributed by atoms with Crippen LogP contribution < -0.4 is 10.9 Å². The summed E-state index contributed by atoms with van der Waals surface area (Å²) in [6, 6.07) is 1.50. The maximum atomic E-state index is 12.1. The Morgan fingerprint density at radius 1 is 1.38 bits per heavy atom. The molecule has 3 rings (SSSR count). The van der Waals surface area contributed by atoms with E-state index in [0.29, 0.717) is 26.3 Å². The summed E-state index contributed by atoms with van der Waals surface area (Å²) in [7, 11) is 0. The van der Waals surface area contributed by atoms with Crippen LogP contribution in [0.5, 0.6) is 0 Å². The number of morpholine rings is 1. The van der Waals surface area contributed by atoms with E-state index < -0.39 is 0 Å². The Morgan fingerprint density at radius 3 is 2.81 bits per heavy atom. The van der Waals surface area contributed by atoms with Crippen molar-refractivity contribution in [2.75, 3.05) is 38.2 Å². The number of carbonyl (C=O) groups is 1. The summed E-state index contributed by atoms with van der Waals surface area (Å²) in [6.07, 6.45) is 4.12. The van der Waals surface area contributed by atoms with Crippen molar-refractivity contribution in [1.82, 2.24) is 14.7 Å². The van der Waals surface area contributed by atoms with E-state index in [2.05, 4.69) is 10.4 Å². The van der Waals surface area contributed by atoms with Gasteiger partial charge >= 0.3 is 0 Å². The molecule has 1 amide bonds. The smallest absolute Gasteiger partial charge is 0.269 e. The summed E-state index contributed by atoms with van der Waals surface area (Å²) in [6.45, 7) is 3.14. The predicted octanol–water partition coefficient (Wildman–Crippen LogP) is -0.0760. The largest absolute Gasteiger partial charge is 0.383 e. The number of hydrogen-bond donors (Lipinski definition) is 1. The van der Waals surface area contributed by atoms with E-state index >= 15 is 0 Å². The molecule has 1 aliphatic carbocycles. The number of nitrogens with zero attached hydrogens (tertiary/aromatic N) is 3. The molecule has 7 heteroatoms. The molecule has 114 valence electrons. The zero-order valence-corrected chi connectivity index (χ0v) is 12.0. The molecule has 2 heterocycles. The van der Waals surface area contributed by atoms with Crippen LogP contribution in [0.15, 0.2) is 17.1 Å². The summed E-state index contributed by atoms with van der Waals surface area (Å²) in [4.78, 5) is 25.8. The van der Waals surface area contributed by atoms with Crippen LogP contribution in [0.1, 0.15) is 12.8 Å². The molecule has 0 spiro atoms. The molecule has 2 fully saturated rings. The molecule has 0 unspecified atom stereocenters. The Labute approximate surface area is 122 Å². The fourth-order valence-electron chi connectivity index (χ4n) is 2.27. The Morgan fingerprint density at radius 2 is 2.14 bits per heavy atom. The molecular formula is C14H20N4O3. The lowest BCUT2D eigenvalue weighted by molar-refractivity contribution is -0.136. The number of hydrogen-bond acceptors (Lipinski definition) is 5. The number of amides is 1. The SMILES string of the molecule is O=C(Cn1ncc(NCC2CC2)cc1=O)N1CCOCC1. The first-order chi connectivity index (χ1) is 10.2. The highest BCUT2D eigenvalue weighted by Gasteiger charge is 2.21. The monoisotopic (exact) mass is 292 g/mol. The molecule has 1 saturated carbocycles. The summed E-state index contributed by atoms with van der Waals surface area (Å²) < 4.78 is 6.41. The average Bonchev–Trinajstić information content (AvgIpc) is 3.33. The maximum Gasteiger partial charge on any atom is 0.269 e. The van der Waals surface area contributed by atoms with Crippen molar-refractivity contribution in [1.29, 1.82) is 0 Å². The minimum Gasteiger partial charge on any atom is -0.383 e. The van der Waals surface area contributed by atoms with Crippen LogP contribution in [0.25, 0.3) is 0 Å². The number of rotatable bonds is 5. The van der Waals surface area contributed by atoms with Crippen LogP contribution in [0.2, 0.25) is 0 Å². The van der Waals surface area contributed by atoms with E-state index in [9.17, 15) is 9.59 Å². The molecule has 1 N–H and O–H groups in total. The molecule has 1 aromatic rings. The molecule has 2 aliphatic rings. The van der Waals surface area contributed by atoms with Crippen LogP contribution in [0.3, 0.4) is 0 Å². The van der Waals surface area contributed by atoms with E-state index in [1.807, 2.05) is 0 Å². The fraction of sp³-hybridized carbons (Fsp3) is 0.643. The van der Waals surface area contributed by atoms with E-state index in [-0.39, 0.29) is 18.0 Å². The predicted molar refractivity (Wildman–Crippen MR) is 77.1 cm³/mol. The summed E-state index contributed by atoms with van der Waals surface area (Å²) in [5.74, 6) is 0.641. The van der Waals surface area contributed by atoms with Gasteiger partial charge in [-0.2, -0.15) is 5.10 Å². The molecule has 1 aliphatic heterocycles. The zero-order valence-electron chi connectivity index (χ0n) is 12.0. The summed E-state index contributed by atoms with van der Waals surface area (Å²) >= 11 is 0. The molecule has 21 heavy (non-hydrogen) atoms. The Hall–Kier alpha value is -1.89. The van der Waals surface area contributed by atoms with Crippen molar-refractivity contribution < 1.29 is 9.53 Å². The van der Waals surface area contributed by atoms with Crippen molar-refractivity contribution in [3.8, 4) is 0 Å². The molecule has 0 bridgehead atoms. The van der Waals surface area contributed by atoms with Gasteiger partial charge < -0.3 is 15.0 Å². The van der Waals surface area contributed by atoms with E-state index in [4.69, 9.17) is 4.74 Å². The van der Waals surface area contributed by atoms with Crippen molar-refractivity contribution >= 4 is 11.6 Å². The first-order valence-corrected chi connectivity index (χ1v) is 7.39. The Balaban J connectivity index is 1.59. The molecular weight excluding hydrogens is 272 g/mol. The van der Waals surface area contributed by atoms with Crippen molar-refractivity contribution in [2.45, 2.75) is 19.4 Å². The third-order valence-electron chi connectivity index (χ3n) is 3.81. The van der Waals surface area contributed by atoms with E-state index in [1.165, 1.54) is 23.6 Å². The second-order valence-electron chi connectivity index (χ2n) is 5.56. The van der Waals surface area contributed by atoms with Gasteiger partial charge in [-0.1, -0.05) is 0 Å². The summed E-state index contributed by atoms with van der Waals surface area (Å²) in [5, 5.41) is 7.28.